The zero-order chi connectivity index (χ0) is 11.9. The van der Waals surface area contributed by atoms with Crippen molar-refractivity contribution in [3.05, 3.63) is 12.2 Å². The Morgan fingerprint density at radius 2 is 2.00 bits per heavy atom. The van der Waals surface area contributed by atoms with Gasteiger partial charge in [0.15, 0.2) is 0 Å². The van der Waals surface area contributed by atoms with E-state index in [-0.39, 0.29) is 12.1 Å². The molecule has 0 aromatic rings. The molecule has 0 fully saturated rings. The van der Waals surface area contributed by atoms with Crippen LogP contribution in [-0.2, 0) is 14.8 Å². The first-order valence-electron chi connectivity index (χ1n) is 4.39. The number of hydrogen-bond donors (Lipinski definition) is 3. The minimum atomic E-state index is -3.13. The molecule has 15 heavy (non-hydrogen) atoms. The molecule has 0 unspecified atom stereocenters. The topological polar surface area (TPSA) is 95.5 Å². The van der Waals surface area contributed by atoms with Gasteiger partial charge in [0.2, 0.25) is 10.0 Å². The van der Waals surface area contributed by atoms with Gasteiger partial charge < -0.3 is 10.4 Å². The molecule has 0 saturated heterocycles. The van der Waals surface area contributed by atoms with Gasteiger partial charge in [-0.3, -0.25) is 0 Å². The number of nitrogens with one attached hydrogen (secondary N) is 2. The van der Waals surface area contributed by atoms with Gasteiger partial charge in [-0.25, -0.2) is 17.9 Å². The van der Waals surface area contributed by atoms with Gasteiger partial charge in [0.1, 0.15) is 0 Å². The summed E-state index contributed by atoms with van der Waals surface area (Å²) in [5.74, 6) is -1.03. The van der Waals surface area contributed by atoms with Crippen LogP contribution in [0.1, 0.15) is 6.42 Å². The molecule has 0 atom stereocenters. The molecule has 0 radical (unpaired) electrons. The first-order chi connectivity index (χ1) is 6.83. The molecule has 88 valence electrons. The standard InChI is InChI=1S/C8H16N2O4S/c1-7(8(11)12)6-9-4-3-5-10-15(2,13)14/h9-10H,1,3-6H2,2H3,(H,11,12). The average molecular weight is 236 g/mol. The van der Waals surface area contributed by atoms with E-state index >= 15 is 0 Å². The predicted molar refractivity (Wildman–Crippen MR) is 57.1 cm³/mol. The van der Waals surface area contributed by atoms with E-state index in [9.17, 15) is 13.2 Å². The minimum absolute atomic E-state index is 0.0890. The molecule has 0 bridgehead atoms. The van der Waals surface area contributed by atoms with Gasteiger partial charge in [-0.05, 0) is 13.0 Å². The van der Waals surface area contributed by atoms with Crippen molar-refractivity contribution in [2.45, 2.75) is 6.42 Å². The number of sulfonamides is 1. The lowest BCUT2D eigenvalue weighted by Gasteiger charge is -2.04. The minimum Gasteiger partial charge on any atom is -0.478 e. The van der Waals surface area contributed by atoms with Crippen LogP contribution in [-0.4, -0.2) is 45.4 Å². The molecule has 0 saturated carbocycles. The second-order valence-electron chi connectivity index (χ2n) is 3.11. The third-order valence-corrected chi connectivity index (χ3v) is 2.26. The Balaban J connectivity index is 3.41. The van der Waals surface area contributed by atoms with Crippen molar-refractivity contribution in [2.75, 3.05) is 25.9 Å². The fourth-order valence-corrected chi connectivity index (χ4v) is 1.30. The molecule has 0 aliphatic heterocycles. The van der Waals surface area contributed by atoms with Gasteiger partial charge in [0, 0.05) is 18.7 Å². The lowest BCUT2D eigenvalue weighted by atomic mass is 10.3. The molecule has 6 nitrogen and oxygen atoms in total. The van der Waals surface area contributed by atoms with E-state index in [1.807, 2.05) is 0 Å². The van der Waals surface area contributed by atoms with E-state index in [4.69, 9.17) is 5.11 Å². The second kappa shape index (κ2) is 6.54. The zero-order valence-corrected chi connectivity index (χ0v) is 9.43. The highest BCUT2D eigenvalue weighted by Crippen LogP contribution is 1.86. The summed E-state index contributed by atoms with van der Waals surface area (Å²) in [6.07, 6.45) is 1.69. The molecule has 0 aromatic heterocycles. The number of carboxylic acids is 1. The Labute approximate surface area is 89.4 Å². The summed E-state index contributed by atoms with van der Waals surface area (Å²) in [5.41, 5.74) is 0.0890. The van der Waals surface area contributed by atoms with Crippen LogP contribution in [0.3, 0.4) is 0 Å². The summed E-state index contributed by atoms with van der Waals surface area (Å²) in [5, 5.41) is 11.3. The second-order valence-corrected chi connectivity index (χ2v) is 4.94. The number of carboxylic acid groups (broad SMARTS) is 1. The van der Waals surface area contributed by atoms with Crippen molar-refractivity contribution in [1.82, 2.24) is 10.0 Å². The van der Waals surface area contributed by atoms with Crippen LogP contribution in [0.2, 0.25) is 0 Å². The zero-order valence-electron chi connectivity index (χ0n) is 8.62. The molecule has 0 rings (SSSR count). The number of hydrogen-bond acceptors (Lipinski definition) is 4. The monoisotopic (exact) mass is 236 g/mol. The Hall–Kier alpha value is -0.920. The fraction of sp³-hybridized carbons (Fsp3) is 0.625. The Bertz CT molecular complexity index is 324. The average Bonchev–Trinajstić information content (AvgIpc) is 2.08. The fourth-order valence-electron chi connectivity index (χ4n) is 0.786. The Kier molecular flexibility index (Phi) is 6.14. The van der Waals surface area contributed by atoms with Crippen LogP contribution in [0.25, 0.3) is 0 Å². The van der Waals surface area contributed by atoms with E-state index in [1.165, 1.54) is 0 Å². The first-order valence-corrected chi connectivity index (χ1v) is 6.28. The molecule has 7 heteroatoms. The van der Waals surface area contributed by atoms with Gasteiger partial charge in [0.05, 0.1) is 6.26 Å². The molecule has 0 aliphatic rings. The van der Waals surface area contributed by atoms with E-state index in [0.29, 0.717) is 19.5 Å². The van der Waals surface area contributed by atoms with Crippen molar-refractivity contribution >= 4 is 16.0 Å². The largest absolute Gasteiger partial charge is 0.478 e. The van der Waals surface area contributed by atoms with Crippen LogP contribution >= 0.6 is 0 Å². The third-order valence-electron chi connectivity index (χ3n) is 1.54. The molecule has 0 spiro atoms. The van der Waals surface area contributed by atoms with Crippen molar-refractivity contribution in [3.63, 3.8) is 0 Å². The number of aliphatic carboxylic acids is 1. The van der Waals surface area contributed by atoms with Gasteiger partial charge in [-0.15, -0.1) is 0 Å². The Morgan fingerprint density at radius 1 is 1.40 bits per heavy atom. The summed E-state index contributed by atoms with van der Waals surface area (Å²) in [4.78, 5) is 10.3. The summed E-state index contributed by atoms with van der Waals surface area (Å²) >= 11 is 0. The highest BCUT2D eigenvalue weighted by atomic mass is 32.2. The summed E-state index contributed by atoms with van der Waals surface area (Å²) in [7, 11) is -3.13. The van der Waals surface area contributed by atoms with E-state index in [1.54, 1.807) is 0 Å². The molecule has 0 heterocycles. The van der Waals surface area contributed by atoms with Crippen molar-refractivity contribution in [2.24, 2.45) is 0 Å². The van der Waals surface area contributed by atoms with Crippen LogP contribution in [0.5, 0.6) is 0 Å². The quantitative estimate of drug-likeness (QED) is 0.377. The smallest absolute Gasteiger partial charge is 0.332 e. The van der Waals surface area contributed by atoms with Gasteiger partial charge in [-0.2, -0.15) is 0 Å². The molecule has 0 amide bonds. The highest BCUT2D eigenvalue weighted by molar-refractivity contribution is 7.88. The SMILES string of the molecule is C=C(CNCCCNS(C)(=O)=O)C(=O)O. The van der Waals surface area contributed by atoms with Crippen LogP contribution in [0.4, 0.5) is 0 Å². The lowest BCUT2D eigenvalue weighted by Crippen LogP contribution is -2.27. The van der Waals surface area contributed by atoms with Gasteiger partial charge >= 0.3 is 5.97 Å². The maximum atomic E-state index is 10.6. The predicted octanol–water partition coefficient (Wildman–Crippen LogP) is -0.844. The summed E-state index contributed by atoms with van der Waals surface area (Å²) < 4.78 is 23.6. The van der Waals surface area contributed by atoms with Crippen molar-refractivity contribution in [3.8, 4) is 0 Å². The lowest BCUT2D eigenvalue weighted by molar-refractivity contribution is -0.132. The molecule has 3 N–H and O–H groups in total. The summed E-state index contributed by atoms with van der Waals surface area (Å²) in [6.45, 7) is 4.42. The molecular formula is C8H16N2O4S. The van der Waals surface area contributed by atoms with Crippen LogP contribution < -0.4 is 10.0 Å². The third kappa shape index (κ3) is 9.39. The van der Waals surface area contributed by atoms with Crippen molar-refractivity contribution in [1.29, 1.82) is 0 Å². The van der Waals surface area contributed by atoms with E-state index in [0.717, 1.165) is 6.26 Å². The highest BCUT2D eigenvalue weighted by Gasteiger charge is 2.02. The summed E-state index contributed by atoms with van der Waals surface area (Å²) in [6, 6.07) is 0. The van der Waals surface area contributed by atoms with Crippen LogP contribution in [0, 0.1) is 0 Å². The maximum absolute atomic E-state index is 10.6. The van der Waals surface area contributed by atoms with E-state index in [2.05, 4.69) is 16.6 Å². The van der Waals surface area contributed by atoms with Crippen molar-refractivity contribution < 1.29 is 18.3 Å². The molecule has 0 aliphatic carbocycles. The Morgan fingerprint density at radius 3 is 2.47 bits per heavy atom. The molecular weight excluding hydrogens is 220 g/mol. The normalized spacial score (nSPS) is 11.3. The van der Waals surface area contributed by atoms with Gasteiger partial charge in [-0.1, -0.05) is 6.58 Å². The van der Waals surface area contributed by atoms with E-state index < -0.39 is 16.0 Å². The maximum Gasteiger partial charge on any atom is 0.332 e. The van der Waals surface area contributed by atoms with Crippen LogP contribution in [0.15, 0.2) is 12.2 Å². The van der Waals surface area contributed by atoms with Gasteiger partial charge in [0.25, 0.3) is 0 Å². The number of carbonyl (C=O) groups is 1. The first kappa shape index (κ1) is 14.1. The number of rotatable bonds is 8. The molecule has 0 aromatic carbocycles.